The Hall–Kier alpha value is -3.00. The molecule has 8 nitrogen and oxygen atoms in total. The van der Waals surface area contributed by atoms with Gasteiger partial charge in [0.2, 0.25) is 5.91 Å². The molecule has 2 aromatic rings. The summed E-state index contributed by atoms with van der Waals surface area (Å²) in [5, 5.41) is 2.91. The van der Waals surface area contributed by atoms with Crippen LogP contribution in [0.1, 0.15) is 46.2 Å². The molecule has 0 bridgehead atoms. The Morgan fingerprint density at radius 2 is 2.13 bits per heavy atom. The number of likely N-dealkylation sites (N-methyl/N-ethyl adjacent to an activating group) is 1. The summed E-state index contributed by atoms with van der Waals surface area (Å²) in [5.41, 5.74) is 2.06. The molecule has 1 aliphatic rings. The molecule has 0 unspecified atom stereocenters. The van der Waals surface area contributed by atoms with Gasteiger partial charge in [-0.3, -0.25) is 9.59 Å². The zero-order valence-corrected chi connectivity index (χ0v) is 18.7. The summed E-state index contributed by atoms with van der Waals surface area (Å²) in [6, 6.07) is 7.57. The van der Waals surface area contributed by atoms with Crippen molar-refractivity contribution in [2.45, 2.75) is 32.2 Å². The fraction of sp³-hybridized carbons (Fsp3) is 0.478. The average Bonchev–Trinajstić information content (AvgIpc) is 2.77. The van der Waals surface area contributed by atoms with Crippen LogP contribution >= 0.6 is 0 Å². The molecule has 31 heavy (non-hydrogen) atoms. The van der Waals surface area contributed by atoms with Gasteiger partial charge >= 0.3 is 0 Å². The number of rotatable bonds is 7. The van der Waals surface area contributed by atoms with Crippen LogP contribution in [-0.4, -0.2) is 72.4 Å². The van der Waals surface area contributed by atoms with Gasteiger partial charge in [-0.05, 0) is 51.6 Å². The number of hydrogen-bond acceptors (Lipinski definition) is 6. The monoisotopic (exact) mass is 425 g/mol. The van der Waals surface area contributed by atoms with Gasteiger partial charge in [0.05, 0.1) is 24.9 Å². The predicted molar refractivity (Wildman–Crippen MR) is 118 cm³/mol. The van der Waals surface area contributed by atoms with E-state index in [0.717, 1.165) is 30.7 Å². The molecule has 1 atom stereocenters. The molecule has 1 aromatic heterocycles. The van der Waals surface area contributed by atoms with Crippen molar-refractivity contribution in [3.8, 4) is 5.75 Å². The van der Waals surface area contributed by atoms with Crippen molar-refractivity contribution in [3.63, 3.8) is 0 Å². The van der Waals surface area contributed by atoms with Crippen LogP contribution in [0.25, 0.3) is 0 Å². The molecule has 1 N–H and O–H groups in total. The first-order chi connectivity index (χ1) is 14.9. The lowest BCUT2D eigenvalue weighted by atomic mass is 9.96. The summed E-state index contributed by atoms with van der Waals surface area (Å²) in [5.74, 6) is 1.45. The molecule has 0 radical (unpaired) electrons. The Morgan fingerprint density at radius 1 is 1.32 bits per heavy atom. The van der Waals surface area contributed by atoms with E-state index in [1.807, 2.05) is 55.1 Å². The van der Waals surface area contributed by atoms with Crippen LogP contribution in [0.5, 0.6) is 5.75 Å². The highest BCUT2D eigenvalue weighted by molar-refractivity contribution is 5.94. The summed E-state index contributed by atoms with van der Waals surface area (Å²) in [6.07, 6.45) is 3.46. The number of carbonyl (C=O) groups excluding carboxylic acids is 2. The number of likely N-dealkylation sites (tertiary alicyclic amines) is 1. The molecular formula is C23H31N5O3. The summed E-state index contributed by atoms with van der Waals surface area (Å²) < 4.78 is 5.22. The van der Waals surface area contributed by atoms with Gasteiger partial charge in [0.25, 0.3) is 5.91 Å². The highest BCUT2D eigenvalue weighted by atomic mass is 16.5. The van der Waals surface area contributed by atoms with Crippen molar-refractivity contribution in [1.82, 2.24) is 25.1 Å². The van der Waals surface area contributed by atoms with E-state index < -0.39 is 0 Å². The van der Waals surface area contributed by atoms with Crippen LogP contribution in [0.4, 0.5) is 0 Å². The highest BCUT2D eigenvalue weighted by Gasteiger charge is 2.27. The summed E-state index contributed by atoms with van der Waals surface area (Å²) in [7, 11) is 5.40. The molecule has 1 fully saturated rings. The molecule has 2 amide bonds. The Balaban J connectivity index is 1.63. The first-order valence-electron chi connectivity index (χ1n) is 10.5. The molecule has 8 heteroatoms. The Bertz CT molecular complexity index is 931. The van der Waals surface area contributed by atoms with Crippen molar-refractivity contribution in [3.05, 3.63) is 53.1 Å². The second-order valence-corrected chi connectivity index (χ2v) is 8.18. The molecule has 1 aliphatic heterocycles. The quantitative estimate of drug-likeness (QED) is 0.730. The number of aromatic nitrogens is 2. The van der Waals surface area contributed by atoms with Crippen molar-refractivity contribution in [2.75, 3.05) is 40.8 Å². The number of aryl methyl sites for hydroxylation is 1. The lowest BCUT2D eigenvalue weighted by Crippen LogP contribution is -2.43. The van der Waals surface area contributed by atoms with E-state index in [-0.39, 0.29) is 17.7 Å². The normalized spacial score (nSPS) is 16.3. The fourth-order valence-electron chi connectivity index (χ4n) is 3.75. The van der Waals surface area contributed by atoms with Gasteiger partial charge < -0.3 is 19.9 Å². The van der Waals surface area contributed by atoms with Crippen LogP contribution in [0, 0.1) is 6.92 Å². The third kappa shape index (κ3) is 6.01. The Morgan fingerprint density at radius 3 is 2.84 bits per heavy atom. The first kappa shape index (κ1) is 22.7. The third-order valence-corrected chi connectivity index (χ3v) is 5.42. The minimum atomic E-state index is -0.210. The average molecular weight is 426 g/mol. The standard InChI is InChI=1S/C23H31N5O3/c1-16-20(23(30)25-12-17-7-5-9-19(11-17)31-4)13-24-22(26-16)18-8-6-10-28(14-18)21(29)15-27(2)3/h5,7,9,11,13,18H,6,8,10,12,14-15H2,1-4H3,(H,25,30)/t18-/m1/s1. The third-order valence-electron chi connectivity index (χ3n) is 5.42. The molecule has 1 aromatic carbocycles. The zero-order chi connectivity index (χ0) is 22.4. The molecule has 1 saturated heterocycles. The zero-order valence-electron chi connectivity index (χ0n) is 18.7. The molecule has 0 saturated carbocycles. The molecular weight excluding hydrogens is 394 g/mol. The largest absolute Gasteiger partial charge is 0.497 e. The topological polar surface area (TPSA) is 87.7 Å². The number of nitrogens with zero attached hydrogens (tertiary/aromatic N) is 4. The van der Waals surface area contributed by atoms with Gasteiger partial charge in [0, 0.05) is 31.7 Å². The van der Waals surface area contributed by atoms with Crippen molar-refractivity contribution < 1.29 is 14.3 Å². The maximum absolute atomic E-state index is 12.6. The van der Waals surface area contributed by atoms with Gasteiger partial charge in [-0.25, -0.2) is 9.97 Å². The van der Waals surface area contributed by atoms with E-state index in [1.165, 1.54) is 0 Å². The maximum atomic E-state index is 12.6. The molecule has 166 valence electrons. The number of amides is 2. The second-order valence-electron chi connectivity index (χ2n) is 8.18. The lowest BCUT2D eigenvalue weighted by Gasteiger charge is -2.32. The minimum Gasteiger partial charge on any atom is -0.497 e. The number of piperidine rings is 1. The smallest absolute Gasteiger partial charge is 0.254 e. The second kappa shape index (κ2) is 10.3. The van der Waals surface area contributed by atoms with E-state index in [0.29, 0.717) is 36.7 Å². The fourth-order valence-corrected chi connectivity index (χ4v) is 3.75. The predicted octanol–water partition coefficient (Wildman–Crippen LogP) is 1.99. The summed E-state index contributed by atoms with van der Waals surface area (Å²) in [6.45, 7) is 4.01. The lowest BCUT2D eigenvalue weighted by molar-refractivity contribution is -0.133. The van der Waals surface area contributed by atoms with Gasteiger partial charge in [-0.2, -0.15) is 0 Å². The van der Waals surface area contributed by atoms with Crippen LogP contribution in [0.3, 0.4) is 0 Å². The summed E-state index contributed by atoms with van der Waals surface area (Å²) >= 11 is 0. The van der Waals surface area contributed by atoms with Gasteiger partial charge in [-0.1, -0.05) is 12.1 Å². The van der Waals surface area contributed by atoms with E-state index in [9.17, 15) is 9.59 Å². The van der Waals surface area contributed by atoms with Crippen LogP contribution in [0.2, 0.25) is 0 Å². The Labute approximate surface area is 183 Å². The van der Waals surface area contributed by atoms with E-state index in [1.54, 1.807) is 13.3 Å². The number of carbonyl (C=O) groups is 2. The summed E-state index contributed by atoms with van der Waals surface area (Å²) in [4.78, 5) is 37.9. The van der Waals surface area contributed by atoms with Crippen molar-refractivity contribution in [1.29, 1.82) is 0 Å². The van der Waals surface area contributed by atoms with Crippen molar-refractivity contribution >= 4 is 11.8 Å². The number of ether oxygens (including phenoxy) is 1. The molecule has 2 heterocycles. The number of methoxy groups -OCH3 is 1. The van der Waals surface area contributed by atoms with E-state index >= 15 is 0 Å². The van der Waals surface area contributed by atoms with Crippen molar-refractivity contribution in [2.24, 2.45) is 0 Å². The maximum Gasteiger partial charge on any atom is 0.254 e. The first-order valence-corrected chi connectivity index (χ1v) is 10.5. The van der Waals surface area contributed by atoms with Gasteiger partial charge in [0.15, 0.2) is 0 Å². The van der Waals surface area contributed by atoms with Gasteiger partial charge in [0.1, 0.15) is 11.6 Å². The highest BCUT2D eigenvalue weighted by Crippen LogP contribution is 2.25. The van der Waals surface area contributed by atoms with E-state index in [4.69, 9.17) is 4.74 Å². The SMILES string of the molecule is COc1cccc(CNC(=O)c2cnc([C@@H]3CCCN(C(=O)CN(C)C)C3)nc2C)c1. The number of nitrogens with one attached hydrogen (secondary N) is 1. The van der Waals surface area contributed by atoms with Gasteiger partial charge in [-0.15, -0.1) is 0 Å². The van der Waals surface area contributed by atoms with E-state index in [2.05, 4.69) is 15.3 Å². The molecule has 0 spiro atoms. The molecule has 0 aliphatic carbocycles. The number of hydrogen-bond donors (Lipinski definition) is 1. The van der Waals surface area contributed by atoms with Crippen LogP contribution in [0.15, 0.2) is 30.5 Å². The van der Waals surface area contributed by atoms with Crippen LogP contribution in [-0.2, 0) is 11.3 Å². The minimum absolute atomic E-state index is 0.0902. The Kier molecular flexibility index (Phi) is 7.57. The van der Waals surface area contributed by atoms with Crippen LogP contribution < -0.4 is 10.1 Å². The molecule has 3 rings (SSSR count). The number of benzene rings is 1.